The average Bonchev–Trinajstić information content (AvgIpc) is 2.91. The number of anilines is 6. The fraction of sp³-hybridized carbons (Fsp3) is 0.100. The van der Waals surface area contributed by atoms with E-state index in [2.05, 4.69) is 44.0 Å². The van der Waals surface area contributed by atoms with E-state index in [0.717, 1.165) is 45.0 Å². The van der Waals surface area contributed by atoms with Crippen LogP contribution < -0.4 is 30.4 Å². The number of carbonyl (C=O) groups is 1. The molecule has 1 amide bonds. The molecule has 3 aromatic carbocycles. The van der Waals surface area contributed by atoms with E-state index >= 15 is 0 Å². The van der Waals surface area contributed by atoms with Gasteiger partial charge < -0.3 is 20.9 Å². The fourth-order valence-corrected chi connectivity index (χ4v) is 4.06. The van der Waals surface area contributed by atoms with Crippen LogP contribution >= 0.6 is 0 Å². The van der Waals surface area contributed by atoms with Crippen LogP contribution in [0.1, 0.15) is 10.4 Å². The molecule has 0 aliphatic carbocycles. The number of aromatic nitrogens is 2. The highest BCUT2D eigenvalue weighted by Gasteiger charge is 2.10. The van der Waals surface area contributed by atoms with E-state index in [4.69, 9.17) is 0 Å². The van der Waals surface area contributed by atoms with Crippen LogP contribution in [0.5, 0.6) is 0 Å². The number of amides is 1. The summed E-state index contributed by atoms with van der Waals surface area (Å²) in [6.45, 7) is 0. The van der Waals surface area contributed by atoms with Gasteiger partial charge in [-0.25, -0.2) is 9.55 Å². The maximum absolute atomic E-state index is 12.9. The first-order valence-electron chi connectivity index (χ1n) is 12.1. The molecule has 0 spiro atoms. The highest BCUT2D eigenvalue weighted by atomic mass is 16.1. The van der Waals surface area contributed by atoms with Crippen LogP contribution in [0.15, 0.2) is 104 Å². The molecule has 7 heteroatoms. The second-order valence-electron chi connectivity index (χ2n) is 9.13. The van der Waals surface area contributed by atoms with E-state index in [9.17, 15) is 4.79 Å². The Kier molecular flexibility index (Phi) is 6.68. The van der Waals surface area contributed by atoms with Gasteiger partial charge in [-0.3, -0.25) is 4.79 Å². The number of aryl methyl sites for hydroxylation is 1. The number of nitrogens with one attached hydrogen (secondary N) is 4. The van der Waals surface area contributed by atoms with E-state index in [0.29, 0.717) is 5.56 Å². The highest BCUT2D eigenvalue weighted by Crippen LogP contribution is 2.28. The standard InChI is InChI=1S/C30H28N6O/c1-35(2)26-11-12-28-27(20-26)29(13-16-31-28)33-22-7-9-23(10-8-22)34-30(37)21-5-4-6-25(19-21)32-24-14-17-36(3)18-15-24/h4-20H,1-3H3,(H2,31,33,34,37)/p+2. The van der Waals surface area contributed by atoms with Crippen molar-refractivity contribution in [2.75, 3.05) is 34.9 Å². The summed E-state index contributed by atoms with van der Waals surface area (Å²) in [4.78, 5) is 18.3. The molecular weight excluding hydrogens is 460 g/mol. The van der Waals surface area contributed by atoms with Crippen LogP contribution in [0.2, 0.25) is 0 Å². The molecule has 4 N–H and O–H groups in total. The molecule has 0 bridgehead atoms. The van der Waals surface area contributed by atoms with Gasteiger partial charge in [-0.1, -0.05) is 6.07 Å². The van der Waals surface area contributed by atoms with Crippen molar-refractivity contribution >= 4 is 50.9 Å². The number of hydrogen-bond acceptors (Lipinski definition) is 4. The smallest absolute Gasteiger partial charge is 0.255 e. The van der Waals surface area contributed by atoms with Crippen LogP contribution in [0.25, 0.3) is 10.9 Å². The predicted octanol–water partition coefficient (Wildman–Crippen LogP) is 5.28. The van der Waals surface area contributed by atoms with E-state index < -0.39 is 0 Å². The van der Waals surface area contributed by atoms with E-state index in [1.54, 1.807) is 6.07 Å². The van der Waals surface area contributed by atoms with Crippen LogP contribution in [-0.4, -0.2) is 20.0 Å². The second-order valence-corrected chi connectivity index (χ2v) is 9.13. The van der Waals surface area contributed by atoms with E-state index in [1.165, 1.54) is 0 Å². The van der Waals surface area contributed by atoms with Gasteiger partial charge in [0.25, 0.3) is 5.91 Å². The van der Waals surface area contributed by atoms with Crippen molar-refractivity contribution < 1.29 is 14.3 Å². The molecule has 0 fully saturated rings. The third-order valence-electron chi connectivity index (χ3n) is 6.11. The molecule has 0 atom stereocenters. The molecule has 0 unspecified atom stereocenters. The van der Waals surface area contributed by atoms with Crippen LogP contribution in [0.3, 0.4) is 0 Å². The van der Waals surface area contributed by atoms with Gasteiger partial charge in [-0.15, -0.1) is 0 Å². The van der Waals surface area contributed by atoms with Crippen LogP contribution in [-0.2, 0) is 7.05 Å². The molecule has 0 aliphatic heterocycles. The number of carbonyl (C=O) groups excluding carboxylic acids is 1. The molecule has 7 nitrogen and oxygen atoms in total. The topological polar surface area (TPSA) is 74.4 Å². The lowest BCUT2D eigenvalue weighted by molar-refractivity contribution is -0.671. The Morgan fingerprint density at radius 2 is 1.51 bits per heavy atom. The number of fused-ring (bicyclic) bond motifs is 1. The summed E-state index contributed by atoms with van der Waals surface area (Å²) in [5.41, 5.74) is 7.24. The zero-order valence-electron chi connectivity index (χ0n) is 21.1. The lowest BCUT2D eigenvalue weighted by Gasteiger charge is -2.14. The molecule has 184 valence electrons. The van der Waals surface area contributed by atoms with Gasteiger partial charge in [-0.2, -0.15) is 0 Å². The largest absolute Gasteiger partial charge is 0.378 e. The van der Waals surface area contributed by atoms with Crippen molar-refractivity contribution in [3.8, 4) is 0 Å². The third-order valence-corrected chi connectivity index (χ3v) is 6.11. The van der Waals surface area contributed by atoms with Crippen molar-refractivity contribution in [1.29, 1.82) is 0 Å². The molecule has 0 saturated carbocycles. The summed E-state index contributed by atoms with van der Waals surface area (Å²) in [5.74, 6) is -0.162. The van der Waals surface area contributed by atoms with Gasteiger partial charge in [0.1, 0.15) is 7.05 Å². The van der Waals surface area contributed by atoms with Gasteiger partial charge in [0.05, 0.1) is 16.8 Å². The number of hydrogen-bond donors (Lipinski definition) is 3. The Morgan fingerprint density at radius 3 is 2.27 bits per heavy atom. The van der Waals surface area contributed by atoms with E-state index in [-0.39, 0.29) is 5.91 Å². The monoisotopic (exact) mass is 490 g/mol. The number of H-pyrrole nitrogens is 1. The Labute approximate surface area is 216 Å². The van der Waals surface area contributed by atoms with Gasteiger partial charge in [0, 0.05) is 66.7 Å². The minimum absolute atomic E-state index is 0.162. The molecule has 0 aliphatic rings. The quantitative estimate of drug-likeness (QED) is 0.271. The van der Waals surface area contributed by atoms with E-state index in [1.807, 2.05) is 105 Å². The Morgan fingerprint density at radius 1 is 0.784 bits per heavy atom. The maximum Gasteiger partial charge on any atom is 0.255 e. The lowest BCUT2D eigenvalue weighted by Crippen LogP contribution is -2.25. The zero-order valence-corrected chi connectivity index (χ0v) is 21.1. The number of nitrogens with zero attached hydrogens (tertiary/aromatic N) is 2. The second kappa shape index (κ2) is 10.4. The maximum atomic E-state index is 12.9. The Balaban J connectivity index is 1.27. The summed E-state index contributed by atoms with van der Waals surface area (Å²) >= 11 is 0. The Bertz CT molecular complexity index is 1550. The first-order chi connectivity index (χ1) is 17.9. The normalized spacial score (nSPS) is 10.7. The highest BCUT2D eigenvalue weighted by molar-refractivity contribution is 6.05. The van der Waals surface area contributed by atoms with Crippen LogP contribution in [0, 0.1) is 0 Å². The summed E-state index contributed by atoms with van der Waals surface area (Å²) in [6, 6.07) is 27.5. The molecule has 2 heterocycles. The lowest BCUT2D eigenvalue weighted by atomic mass is 10.1. The van der Waals surface area contributed by atoms with Crippen LogP contribution in [0.4, 0.5) is 34.1 Å². The van der Waals surface area contributed by atoms with Crippen molar-refractivity contribution in [2.45, 2.75) is 0 Å². The van der Waals surface area contributed by atoms with Crippen molar-refractivity contribution in [2.24, 2.45) is 7.05 Å². The predicted molar refractivity (Wildman–Crippen MR) is 150 cm³/mol. The SMILES string of the molecule is CN(C)c1ccc2[nH+]ccc(Nc3ccc(NC(=O)c4cccc(Nc5cc[n+](C)cc5)c4)cc3)c2c1. The summed E-state index contributed by atoms with van der Waals surface area (Å²) in [6.07, 6.45) is 5.86. The minimum Gasteiger partial charge on any atom is -0.378 e. The first-order valence-corrected chi connectivity index (χ1v) is 12.1. The molecule has 37 heavy (non-hydrogen) atoms. The van der Waals surface area contributed by atoms with Gasteiger partial charge in [0.2, 0.25) is 5.52 Å². The minimum atomic E-state index is -0.162. The molecule has 5 rings (SSSR count). The number of pyridine rings is 2. The van der Waals surface area contributed by atoms with Gasteiger partial charge in [-0.05, 0) is 54.6 Å². The summed E-state index contributed by atoms with van der Waals surface area (Å²) in [5, 5.41) is 10.9. The number of rotatable bonds is 7. The molecule has 2 aromatic heterocycles. The van der Waals surface area contributed by atoms with Crippen molar-refractivity contribution in [3.63, 3.8) is 0 Å². The van der Waals surface area contributed by atoms with Gasteiger partial charge >= 0.3 is 0 Å². The fourth-order valence-electron chi connectivity index (χ4n) is 4.06. The number of aromatic amines is 1. The molecular formula is C30H30N6O+2. The van der Waals surface area contributed by atoms with Crippen molar-refractivity contribution in [1.82, 2.24) is 0 Å². The first kappa shape index (κ1) is 23.8. The van der Waals surface area contributed by atoms with Gasteiger partial charge in [0.15, 0.2) is 18.6 Å². The molecule has 5 aromatic rings. The molecule has 0 radical (unpaired) electrons. The summed E-state index contributed by atoms with van der Waals surface area (Å²) in [7, 11) is 6.04. The Hall–Kier alpha value is -4.91. The summed E-state index contributed by atoms with van der Waals surface area (Å²) < 4.78 is 1.97. The van der Waals surface area contributed by atoms with Crippen molar-refractivity contribution in [3.05, 3.63) is 109 Å². The molecule has 0 saturated heterocycles. The zero-order chi connectivity index (χ0) is 25.8. The third kappa shape index (κ3) is 5.67. The number of benzene rings is 3. The average molecular weight is 491 g/mol.